The van der Waals surface area contributed by atoms with Crippen molar-refractivity contribution in [1.29, 1.82) is 0 Å². The van der Waals surface area contributed by atoms with E-state index < -0.39 is 5.60 Å². The topological polar surface area (TPSA) is 20.2 Å². The zero-order chi connectivity index (χ0) is 12.4. The third-order valence-corrected chi connectivity index (χ3v) is 3.90. The van der Waals surface area contributed by atoms with E-state index in [4.69, 9.17) is 0 Å². The average Bonchev–Trinajstić information content (AvgIpc) is 2.27. The molecule has 0 bridgehead atoms. The van der Waals surface area contributed by atoms with Gasteiger partial charge in [0.05, 0.1) is 5.60 Å². The summed E-state index contributed by atoms with van der Waals surface area (Å²) >= 11 is 0. The lowest BCUT2D eigenvalue weighted by Gasteiger charge is -2.31. The van der Waals surface area contributed by atoms with E-state index in [1.54, 1.807) is 0 Å². The largest absolute Gasteiger partial charge is 0.390 e. The Kier molecular flexibility index (Phi) is 9.02. The van der Waals surface area contributed by atoms with Crippen LogP contribution in [-0.4, -0.2) is 10.7 Å². The van der Waals surface area contributed by atoms with Gasteiger partial charge in [0, 0.05) is 0 Å². The molecule has 1 nitrogen and oxygen atoms in total. The fourth-order valence-electron chi connectivity index (χ4n) is 2.26. The lowest BCUT2D eigenvalue weighted by Crippen LogP contribution is -2.33. The van der Waals surface area contributed by atoms with Crippen molar-refractivity contribution in [2.45, 2.75) is 91.1 Å². The van der Waals surface area contributed by atoms with Crippen molar-refractivity contribution >= 4 is 0 Å². The second-order valence-electron chi connectivity index (χ2n) is 5.48. The second kappa shape index (κ2) is 9.04. The van der Waals surface area contributed by atoms with Crippen LogP contribution in [0.15, 0.2) is 0 Å². The van der Waals surface area contributed by atoms with Crippen LogP contribution < -0.4 is 0 Å². The van der Waals surface area contributed by atoms with Gasteiger partial charge >= 0.3 is 0 Å². The molecule has 0 spiro atoms. The molecule has 0 saturated heterocycles. The summed E-state index contributed by atoms with van der Waals surface area (Å²) in [7, 11) is 0. The predicted octanol–water partition coefficient (Wildman–Crippen LogP) is 4.92. The first-order chi connectivity index (χ1) is 7.56. The number of hydrogen-bond acceptors (Lipinski definition) is 1. The molecule has 0 saturated carbocycles. The summed E-state index contributed by atoms with van der Waals surface area (Å²) in [5, 5.41) is 10.3. The molecule has 0 aliphatic carbocycles. The van der Waals surface area contributed by atoms with Crippen LogP contribution in [0, 0.1) is 5.92 Å². The Labute approximate surface area is 103 Å². The standard InChI is InChI=1S/C15H32O/c1-5-7-8-9-10-11-12-13-15(16,6-2)14(3)4/h14,16H,5-13H2,1-4H3. The van der Waals surface area contributed by atoms with Crippen LogP contribution in [0.2, 0.25) is 0 Å². The van der Waals surface area contributed by atoms with Crippen molar-refractivity contribution in [3.05, 3.63) is 0 Å². The molecule has 0 aromatic carbocycles. The summed E-state index contributed by atoms with van der Waals surface area (Å²) in [4.78, 5) is 0. The van der Waals surface area contributed by atoms with Crippen LogP contribution in [0.4, 0.5) is 0 Å². The predicted molar refractivity (Wildman–Crippen MR) is 72.7 cm³/mol. The third-order valence-electron chi connectivity index (χ3n) is 3.90. The van der Waals surface area contributed by atoms with Crippen LogP contribution in [0.1, 0.15) is 85.5 Å². The smallest absolute Gasteiger partial charge is 0.0668 e. The van der Waals surface area contributed by atoms with E-state index in [0.29, 0.717) is 5.92 Å². The first-order valence-electron chi connectivity index (χ1n) is 7.29. The van der Waals surface area contributed by atoms with Gasteiger partial charge in [-0.05, 0) is 18.8 Å². The highest BCUT2D eigenvalue weighted by Gasteiger charge is 2.27. The molecule has 0 fully saturated rings. The molecule has 16 heavy (non-hydrogen) atoms. The molecule has 0 aromatic heterocycles. The summed E-state index contributed by atoms with van der Waals surface area (Å²) < 4.78 is 0. The Morgan fingerprint density at radius 3 is 1.81 bits per heavy atom. The second-order valence-corrected chi connectivity index (χ2v) is 5.48. The number of unbranched alkanes of at least 4 members (excludes halogenated alkanes) is 6. The summed E-state index contributed by atoms with van der Waals surface area (Å²) in [5.41, 5.74) is -0.413. The normalized spacial score (nSPS) is 15.4. The molecular formula is C15H32O. The molecule has 1 unspecified atom stereocenters. The quantitative estimate of drug-likeness (QED) is 0.526. The molecule has 0 aliphatic rings. The van der Waals surface area contributed by atoms with E-state index in [1.807, 2.05) is 0 Å². The van der Waals surface area contributed by atoms with Crippen LogP contribution in [-0.2, 0) is 0 Å². The van der Waals surface area contributed by atoms with Crippen molar-refractivity contribution in [3.8, 4) is 0 Å². The van der Waals surface area contributed by atoms with E-state index in [-0.39, 0.29) is 0 Å². The van der Waals surface area contributed by atoms with Crippen molar-refractivity contribution in [3.63, 3.8) is 0 Å². The van der Waals surface area contributed by atoms with E-state index in [9.17, 15) is 5.11 Å². The molecule has 98 valence electrons. The first-order valence-corrected chi connectivity index (χ1v) is 7.29. The summed E-state index contributed by atoms with van der Waals surface area (Å²) in [5.74, 6) is 0.387. The highest BCUT2D eigenvalue weighted by Crippen LogP contribution is 2.27. The molecule has 0 rings (SSSR count). The van der Waals surface area contributed by atoms with Crippen LogP contribution >= 0.6 is 0 Å². The maximum atomic E-state index is 10.3. The van der Waals surface area contributed by atoms with Gasteiger partial charge in [0.15, 0.2) is 0 Å². The molecule has 0 radical (unpaired) electrons. The maximum absolute atomic E-state index is 10.3. The van der Waals surface area contributed by atoms with Gasteiger partial charge in [-0.2, -0.15) is 0 Å². The molecule has 1 heteroatoms. The highest BCUT2D eigenvalue weighted by atomic mass is 16.3. The fourth-order valence-corrected chi connectivity index (χ4v) is 2.26. The van der Waals surface area contributed by atoms with Crippen LogP contribution in [0.5, 0.6) is 0 Å². The number of aliphatic hydroxyl groups is 1. The van der Waals surface area contributed by atoms with Crippen molar-refractivity contribution in [2.75, 3.05) is 0 Å². The van der Waals surface area contributed by atoms with Crippen molar-refractivity contribution < 1.29 is 5.11 Å². The van der Waals surface area contributed by atoms with E-state index in [2.05, 4.69) is 27.7 Å². The Morgan fingerprint density at radius 2 is 1.38 bits per heavy atom. The molecule has 0 aromatic rings. The molecule has 0 aliphatic heterocycles. The molecule has 0 amide bonds. The minimum atomic E-state index is -0.413. The molecular weight excluding hydrogens is 196 g/mol. The van der Waals surface area contributed by atoms with E-state index in [1.165, 1.54) is 44.9 Å². The lowest BCUT2D eigenvalue weighted by molar-refractivity contribution is -0.0186. The van der Waals surface area contributed by atoms with Gasteiger partial charge in [-0.1, -0.05) is 72.6 Å². The van der Waals surface area contributed by atoms with Crippen molar-refractivity contribution in [2.24, 2.45) is 5.92 Å². The van der Waals surface area contributed by atoms with Crippen molar-refractivity contribution in [1.82, 2.24) is 0 Å². The number of rotatable bonds is 10. The van der Waals surface area contributed by atoms with Crippen LogP contribution in [0.25, 0.3) is 0 Å². The molecule has 1 N–H and O–H groups in total. The van der Waals surface area contributed by atoms with Gasteiger partial charge in [0.1, 0.15) is 0 Å². The average molecular weight is 228 g/mol. The molecule has 0 heterocycles. The Bertz CT molecular complexity index is 154. The Hall–Kier alpha value is -0.0400. The lowest BCUT2D eigenvalue weighted by atomic mass is 9.83. The minimum Gasteiger partial charge on any atom is -0.390 e. The van der Waals surface area contributed by atoms with Gasteiger partial charge in [-0.3, -0.25) is 0 Å². The molecule has 1 atom stereocenters. The SMILES string of the molecule is CCCCCCCCCC(O)(CC)C(C)C. The summed E-state index contributed by atoms with van der Waals surface area (Å²) in [6.07, 6.45) is 11.2. The van der Waals surface area contributed by atoms with Gasteiger partial charge < -0.3 is 5.11 Å². The van der Waals surface area contributed by atoms with Gasteiger partial charge in [0.2, 0.25) is 0 Å². The van der Waals surface area contributed by atoms with E-state index >= 15 is 0 Å². The zero-order valence-corrected chi connectivity index (χ0v) is 11.9. The van der Waals surface area contributed by atoms with Gasteiger partial charge in [0.25, 0.3) is 0 Å². The van der Waals surface area contributed by atoms with Crippen LogP contribution in [0.3, 0.4) is 0 Å². The Balaban J connectivity index is 3.49. The fraction of sp³-hybridized carbons (Fsp3) is 1.00. The first kappa shape index (κ1) is 16.0. The summed E-state index contributed by atoms with van der Waals surface area (Å²) in [6.45, 7) is 8.61. The minimum absolute atomic E-state index is 0.387. The zero-order valence-electron chi connectivity index (χ0n) is 11.9. The van der Waals surface area contributed by atoms with E-state index in [0.717, 1.165) is 12.8 Å². The maximum Gasteiger partial charge on any atom is 0.0668 e. The van der Waals surface area contributed by atoms with Gasteiger partial charge in [-0.15, -0.1) is 0 Å². The van der Waals surface area contributed by atoms with Gasteiger partial charge in [-0.25, -0.2) is 0 Å². The summed E-state index contributed by atoms with van der Waals surface area (Å²) in [6, 6.07) is 0. The number of hydrogen-bond donors (Lipinski definition) is 1. The monoisotopic (exact) mass is 228 g/mol. The highest BCUT2D eigenvalue weighted by molar-refractivity contribution is 4.79. The third kappa shape index (κ3) is 6.52. The Morgan fingerprint density at radius 1 is 0.875 bits per heavy atom.